The molecule has 1 aromatic carbocycles. The van der Waals surface area contributed by atoms with E-state index in [4.69, 9.17) is 0 Å². The summed E-state index contributed by atoms with van der Waals surface area (Å²) in [5, 5.41) is 11.0. The van der Waals surface area contributed by atoms with Crippen LogP contribution in [0.2, 0.25) is 0 Å². The zero-order valence-electron chi connectivity index (χ0n) is 13.6. The Morgan fingerprint density at radius 3 is 2.76 bits per heavy atom. The molecule has 1 N–H and O–H groups in total. The SMILES string of the molecule is CSc1nnc(NC(=O)[C@@H]2CCCN(S(=O)(=O)c3ccccc3)C2)s1. The van der Waals surface area contributed by atoms with E-state index in [9.17, 15) is 13.2 Å². The van der Waals surface area contributed by atoms with Crippen LogP contribution in [0.5, 0.6) is 0 Å². The summed E-state index contributed by atoms with van der Waals surface area (Å²) in [6.07, 6.45) is 3.19. The number of thioether (sulfide) groups is 1. The molecule has 1 fully saturated rings. The van der Waals surface area contributed by atoms with Crippen LogP contribution in [-0.2, 0) is 14.8 Å². The lowest BCUT2D eigenvalue weighted by Crippen LogP contribution is -2.43. The van der Waals surface area contributed by atoms with E-state index in [0.29, 0.717) is 24.5 Å². The van der Waals surface area contributed by atoms with Crippen molar-refractivity contribution in [3.05, 3.63) is 30.3 Å². The van der Waals surface area contributed by atoms with Gasteiger partial charge in [-0.2, -0.15) is 4.31 Å². The van der Waals surface area contributed by atoms with E-state index in [1.807, 2.05) is 6.26 Å². The van der Waals surface area contributed by atoms with E-state index in [-0.39, 0.29) is 17.3 Å². The Kier molecular flexibility index (Phi) is 5.72. The predicted molar refractivity (Wildman–Crippen MR) is 98.2 cm³/mol. The summed E-state index contributed by atoms with van der Waals surface area (Å²) in [5.74, 6) is -0.606. The largest absolute Gasteiger partial charge is 0.300 e. The summed E-state index contributed by atoms with van der Waals surface area (Å²) in [6.45, 7) is 0.605. The van der Waals surface area contributed by atoms with E-state index < -0.39 is 15.9 Å². The molecule has 1 aliphatic heterocycles. The van der Waals surface area contributed by atoms with Crippen LogP contribution in [0, 0.1) is 5.92 Å². The zero-order valence-corrected chi connectivity index (χ0v) is 16.0. The lowest BCUT2D eigenvalue weighted by molar-refractivity contribution is -0.120. The van der Waals surface area contributed by atoms with Crippen molar-refractivity contribution in [1.82, 2.24) is 14.5 Å². The van der Waals surface area contributed by atoms with Gasteiger partial charge >= 0.3 is 0 Å². The number of anilines is 1. The van der Waals surface area contributed by atoms with Gasteiger partial charge in [-0.15, -0.1) is 10.2 Å². The van der Waals surface area contributed by atoms with Crippen LogP contribution < -0.4 is 5.32 Å². The third kappa shape index (κ3) is 4.20. The molecule has 10 heteroatoms. The number of hydrogen-bond acceptors (Lipinski definition) is 7. The van der Waals surface area contributed by atoms with Gasteiger partial charge in [0.15, 0.2) is 4.34 Å². The van der Waals surface area contributed by atoms with Crippen LogP contribution >= 0.6 is 23.1 Å². The van der Waals surface area contributed by atoms with E-state index >= 15 is 0 Å². The summed E-state index contributed by atoms with van der Waals surface area (Å²) < 4.78 is 27.6. The van der Waals surface area contributed by atoms with Crippen molar-refractivity contribution >= 4 is 44.2 Å². The number of nitrogens with zero attached hydrogens (tertiary/aromatic N) is 3. The quantitative estimate of drug-likeness (QED) is 0.614. The number of rotatable bonds is 5. The van der Waals surface area contributed by atoms with E-state index in [2.05, 4.69) is 15.5 Å². The molecule has 0 aliphatic carbocycles. The van der Waals surface area contributed by atoms with Gasteiger partial charge in [0.05, 0.1) is 10.8 Å². The molecule has 1 saturated heterocycles. The van der Waals surface area contributed by atoms with Crippen LogP contribution in [0.3, 0.4) is 0 Å². The van der Waals surface area contributed by atoms with Crippen LogP contribution in [0.15, 0.2) is 39.6 Å². The third-order valence-corrected chi connectivity index (χ3v) is 7.64. The molecule has 0 spiro atoms. The number of sulfonamides is 1. The second-order valence-electron chi connectivity index (χ2n) is 5.58. The van der Waals surface area contributed by atoms with Crippen LogP contribution in [0.1, 0.15) is 12.8 Å². The highest BCUT2D eigenvalue weighted by atomic mass is 32.2. The van der Waals surface area contributed by atoms with Crippen molar-refractivity contribution in [1.29, 1.82) is 0 Å². The average Bonchev–Trinajstić information content (AvgIpc) is 3.10. The van der Waals surface area contributed by atoms with Crippen molar-refractivity contribution in [3.8, 4) is 0 Å². The molecule has 0 unspecified atom stereocenters. The molecule has 1 amide bonds. The molecule has 25 heavy (non-hydrogen) atoms. The molecule has 1 aromatic heterocycles. The van der Waals surface area contributed by atoms with E-state index in [1.54, 1.807) is 30.3 Å². The van der Waals surface area contributed by atoms with Gasteiger partial charge in [-0.05, 0) is 31.2 Å². The fourth-order valence-electron chi connectivity index (χ4n) is 2.67. The fraction of sp³-hybridized carbons (Fsp3) is 0.400. The number of carbonyl (C=O) groups excluding carboxylic acids is 1. The molecule has 0 bridgehead atoms. The molecule has 1 atom stereocenters. The Morgan fingerprint density at radius 1 is 1.32 bits per heavy atom. The summed E-state index contributed by atoms with van der Waals surface area (Å²) >= 11 is 2.77. The first-order valence-corrected chi connectivity index (χ1v) is 11.2. The number of piperidine rings is 1. The standard InChI is InChI=1S/C15H18N4O3S3/c1-23-15-18-17-14(24-15)16-13(20)11-6-5-9-19(10-11)25(21,22)12-7-3-2-4-8-12/h2-4,7-8,11H,5-6,9-10H2,1H3,(H,16,17,20)/t11-/m1/s1. The molecule has 3 rings (SSSR count). The summed E-state index contributed by atoms with van der Waals surface area (Å²) in [7, 11) is -3.58. The predicted octanol–water partition coefficient (Wildman–Crippen LogP) is 2.30. The molecular weight excluding hydrogens is 380 g/mol. The fourth-order valence-corrected chi connectivity index (χ4v) is 5.38. The highest BCUT2D eigenvalue weighted by Crippen LogP contribution is 2.27. The maximum absolute atomic E-state index is 12.7. The Labute approximate surface area is 154 Å². The van der Waals surface area contributed by atoms with Gasteiger partial charge in [0, 0.05) is 13.1 Å². The lowest BCUT2D eigenvalue weighted by Gasteiger charge is -2.31. The van der Waals surface area contributed by atoms with Crippen LogP contribution in [0.4, 0.5) is 5.13 Å². The van der Waals surface area contributed by atoms with Gasteiger partial charge in [-0.25, -0.2) is 8.42 Å². The topological polar surface area (TPSA) is 92.3 Å². The van der Waals surface area contributed by atoms with Gasteiger partial charge in [0.1, 0.15) is 0 Å². The Morgan fingerprint density at radius 2 is 2.08 bits per heavy atom. The van der Waals surface area contributed by atoms with Gasteiger partial charge in [0.2, 0.25) is 21.1 Å². The third-order valence-electron chi connectivity index (χ3n) is 3.95. The zero-order chi connectivity index (χ0) is 17.9. The summed E-state index contributed by atoms with van der Waals surface area (Å²) in [5.41, 5.74) is 0. The normalized spacial score (nSPS) is 18.8. The minimum atomic E-state index is -3.58. The Hall–Kier alpha value is -1.49. The molecule has 2 aromatic rings. The molecule has 0 radical (unpaired) electrons. The van der Waals surface area contributed by atoms with Crippen LogP contribution in [0.25, 0.3) is 0 Å². The van der Waals surface area contributed by atoms with Crippen molar-refractivity contribution in [3.63, 3.8) is 0 Å². The first kappa shape index (κ1) is 18.3. The van der Waals surface area contributed by atoms with Crippen molar-refractivity contribution in [2.75, 3.05) is 24.7 Å². The highest BCUT2D eigenvalue weighted by molar-refractivity contribution is 8.00. The van der Waals surface area contributed by atoms with Gasteiger partial charge in [-0.1, -0.05) is 41.3 Å². The van der Waals surface area contributed by atoms with Crippen molar-refractivity contribution in [2.45, 2.75) is 22.1 Å². The summed E-state index contributed by atoms with van der Waals surface area (Å²) in [6, 6.07) is 8.31. The highest BCUT2D eigenvalue weighted by Gasteiger charge is 2.33. The minimum Gasteiger partial charge on any atom is -0.300 e. The Balaban J connectivity index is 1.69. The number of nitrogens with one attached hydrogen (secondary N) is 1. The van der Waals surface area contributed by atoms with Crippen molar-refractivity contribution in [2.24, 2.45) is 5.92 Å². The minimum absolute atomic E-state index is 0.178. The maximum Gasteiger partial charge on any atom is 0.243 e. The van der Waals surface area contributed by atoms with Gasteiger partial charge in [0.25, 0.3) is 0 Å². The smallest absolute Gasteiger partial charge is 0.243 e. The second kappa shape index (κ2) is 7.81. The van der Waals surface area contributed by atoms with E-state index in [1.165, 1.54) is 27.4 Å². The number of amides is 1. The lowest BCUT2D eigenvalue weighted by atomic mass is 9.99. The summed E-state index contributed by atoms with van der Waals surface area (Å²) in [4.78, 5) is 12.7. The second-order valence-corrected chi connectivity index (χ2v) is 9.55. The monoisotopic (exact) mass is 398 g/mol. The number of carbonyl (C=O) groups is 1. The molecule has 7 nitrogen and oxygen atoms in total. The first-order chi connectivity index (χ1) is 12.0. The number of aromatic nitrogens is 2. The molecule has 2 heterocycles. The molecule has 134 valence electrons. The number of benzene rings is 1. The molecule has 1 aliphatic rings. The first-order valence-electron chi connectivity index (χ1n) is 7.74. The Bertz CT molecular complexity index is 839. The molecule has 0 saturated carbocycles. The number of hydrogen-bond donors (Lipinski definition) is 1. The van der Waals surface area contributed by atoms with Gasteiger partial charge < -0.3 is 5.32 Å². The molecular formula is C15H18N4O3S3. The van der Waals surface area contributed by atoms with Crippen molar-refractivity contribution < 1.29 is 13.2 Å². The van der Waals surface area contributed by atoms with Crippen LogP contribution in [-0.4, -0.2) is 48.2 Å². The van der Waals surface area contributed by atoms with E-state index in [0.717, 1.165) is 4.34 Å². The van der Waals surface area contributed by atoms with Gasteiger partial charge in [-0.3, -0.25) is 4.79 Å². The average molecular weight is 399 g/mol. The maximum atomic E-state index is 12.7.